The molecule has 0 radical (unpaired) electrons. The highest BCUT2D eigenvalue weighted by Crippen LogP contribution is 2.09. The standard InChI is InChI=1S/C27H27ClN2O4/c28-18-25(31)23(16-20-10-4-1-5-11-20)29-26(32)24(17-21-12-6-2-7-13-21)30-27(33)34-19-22-14-8-3-9-15-22/h1-15,23-24H,16-19H2,(H,29,32)(H,30,33)/t23-,24-/m0/s1. The minimum absolute atomic E-state index is 0.0771. The number of ether oxygens (including phenoxy) is 1. The predicted octanol–water partition coefficient (Wildman–Crippen LogP) is 4.06. The van der Waals surface area contributed by atoms with Gasteiger partial charge in [0.05, 0.1) is 11.9 Å². The molecule has 2 atom stereocenters. The number of rotatable bonds is 11. The van der Waals surface area contributed by atoms with Crippen molar-refractivity contribution in [3.05, 3.63) is 108 Å². The Hall–Kier alpha value is -3.64. The first-order chi connectivity index (χ1) is 16.5. The van der Waals surface area contributed by atoms with Crippen molar-refractivity contribution in [1.29, 1.82) is 0 Å². The maximum absolute atomic E-state index is 13.2. The largest absolute Gasteiger partial charge is 0.445 e. The van der Waals surface area contributed by atoms with E-state index in [4.69, 9.17) is 16.3 Å². The summed E-state index contributed by atoms with van der Waals surface area (Å²) in [5.41, 5.74) is 2.58. The minimum Gasteiger partial charge on any atom is -0.445 e. The Bertz CT molecular complexity index is 1060. The van der Waals surface area contributed by atoms with Crippen LogP contribution >= 0.6 is 11.6 Å². The molecule has 6 nitrogen and oxygen atoms in total. The molecule has 0 aliphatic carbocycles. The van der Waals surface area contributed by atoms with Gasteiger partial charge in [-0.2, -0.15) is 0 Å². The number of hydrogen-bond donors (Lipinski definition) is 2. The number of amides is 2. The Balaban J connectivity index is 1.70. The van der Waals surface area contributed by atoms with Crippen LogP contribution in [0.15, 0.2) is 91.0 Å². The zero-order valence-corrected chi connectivity index (χ0v) is 19.4. The molecule has 3 rings (SSSR count). The van der Waals surface area contributed by atoms with Gasteiger partial charge in [-0.3, -0.25) is 9.59 Å². The summed E-state index contributed by atoms with van der Waals surface area (Å²) in [4.78, 5) is 38.1. The Morgan fingerprint density at radius 3 is 1.65 bits per heavy atom. The number of alkyl halides is 1. The number of ketones is 1. The van der Waals surface area contributed by atoms with Crippen LogP contribution in [0.1, 0.15) is 16.7 Å². The number of carbonyl (C=O) groups excluding carboxylic acids is 3. The van der Waals surface area contributed by atoms with Gasteiger partial charge in [0.25, 0.3) is 0 Å². The molecule has 0 bridgehead atoms. The Kier molecular flexibility index (Phi) is 9.67. The molecule has 0 aliphatic heterocycles. The van der Waals surface area contributed by atoms with Gasteiger partial charge in [0, 0.05) is 6.42 Å². The quantitative estimate of drug-likeness (QED) is 0.407. The van der Waals surface area contributed by atoms with Crippen LogP contribution in [-0.2, 0) is 33.8 Å². The number of alkyl carbamates (subject to hydrolysis) is 1. The molecule has 2 amide bonds. The number of hydrogen-bond acceptors (Lipinski definition) is 4. The van der Waals surface area contributed by atoms with E-state index < -0.39 is 24.1 Å². The second-order valence-electron chi connectivity index (χ2n) is 7.80. The number of halogens is 1. The fourth-order valence-corrected chi connectivity index (χ4v) is 3.61. The summed E-state index contributed by atoms with van der Waals surface area (Å²) >= 11 is 5.80. The van der Waals surface area contributed by atoms with E-state index in [1.165, 1.54) is 0 Å². The van der Waals surface area contributed by atoms with Crippen molar-refractivity contribution in [1.82, 2.24) is 10.6 Å². The molecule has 3 aromatic carbocycles. The monoisotopic (exact) mass is 478 g/mol. The molecule has 7 heteroatoms. The molecule has 0 spiro atoms. The summed E-state index contributed by atoms with van der Waals surface area (Å²) in [6.45, 7) is 0.0771. The molecule has 0 aliphatic rings. The van der Waals surface area contributed by atoms with Crippen LogP contribution in [0.5, 0.6) is 0 Å². The van der Waals surface area contributed by atoms with Crippen molar-refractivity contribution in [2.24, 2.45) is 0 Å². The number of nitrogens with one attached hydrogen (secondary N) is 2. The van der Waals surface area contributed by atoms with Crippen molar-refractivity contribution < 1.29 is 19.1 Å². The Labute approximate surface area is 204 Å². The maximum atomic E-state index is 13.2. The second-order valence-corrected chi connectivity index (χ2v) is 8.07. The van der Waals surface area contributed by atoms with E-state index >= 15 is 0 Å². The third-order valence-corrected chi connectivity index (χ3v) is 5.49. The number of benzene rings is 3. The van der Waals surface area contributed by atoms with Crippen molar-refractivity contribution in [3.8, 4) is 0 Å². The highest BCUT2D eigenvalue weighted by atomic mass is 35.5. The van der Waals surface area contributed by atoms with E-state index in [0.717, 1.165) is 16.7 Å². The van der Waals surface area contributed by atoms with E-state index in [0.29, 0.717) is 6.42 Å². The number of Topliss-reactive ketones (excluding diaryl/α,β-unsaturated/α-hetero) is 1. The van der Waals surface area contributed by atoms with Gasteiger partial charge in [0.1, 0.15) is 12.6 Å². The van der Waals surface area contributed by atoms with E-state index in [9.17, 15) is 14.4 Å². The van der Waals surface area contributed by atoms with Gasteiger partial charge in [-0.1, -0.05) is 91.0 Å². The average Bonchev–Trinajstić information content (AvgIpc) is 2.88. The Morgan fingerprint density at radius 1 is 0.676 bits per heavy atom. The summed E-state index contributed by atoms with van der Waals surface area (Å²) in [6, 6.07) is 26.2. The summed E-state index contributed by atoms with van der Waals surface area (Å²) in [6.07, 6.45) is -0.183. The first kappa shape index (κ1) is 25.0. The van der Waals surface area contributed by atoms with E-state index in [2.05, 4.69) is 10.6 Å². The number of carbonyl (C=O) groups is 3. The van der Waals surface area contributed by atoms with Crippen molar-refractivity contribution >= 4 is 29.4 Å². The molecule has 0 unspecified atom stereocenters. The molecule has 3 aromatic rings. The fourth-order valence-electron chi connectivity index (χ4n) is 3.43. The van der Waals surface area contributed by atoms with Gasteiger partial charge in [-0.15, -0.1) is 11.6 Å². The van der Waals surface area contributed by atoms with E-state index in [-0.39, 0.29) is 24.7 Å². The van der Waals surface area contributed by atoms with Crippen LogP contribution in [0.4, 0.5) is 4.79 Å². The molecule has 0 saturated carbocycles. The maximum Gasteiger partial charge on any atom is 0.408 e. The molecule has 34 heavy (non-hydrogen) atoms. The molecule has 0 fully saturated rings. The fraction of sp³-hybridized carbons (Fsp3) is 0.222. The minimum atomic E-state index is -0.938. The predicted molar refractivity (Wildman–Crippen MR) is 132 cm³/mol. The molecule has 0 saturated heterocycles. The topological polar surface area (TPSA) is 84.5 Å². The van der Waals surface area contributed by atoms with Gasteiger partial charge >= 0.3 is 6.09 Å². The molecular formula is C27H27ClN2O4. The van der Waals surface area contributed by atoms with Crippen LogP contribution in [0, 0.1) is 0 Å². The van der Waals surface area contributed by atoms with Gasteiger partial charge in [0.15, 0.2) is 5.78 Å². The smallest absolute Gasteiger partial charge is 0.408 e. The Morgan fingerprint density at radius 2 is 1.15 bits per heavy atom. The van der Waals surface area contributed by atoms with Crippen LogP contribution in [0.3, 0.4) is 0 Å². The van der Waals surface area contributed by atoms with Crippen LogP contribution in [-0.4, -0.2) is 35.7 Å². The average molecular weight is 479 g/mol. The van der Waals surface area contributed by atoms with Crippen LogP contribution < -0.4 is 10.6 Å². The second kappa shape index (κ2) is 13.2. The zero-order chi connectivity index (χ0) is 24.2. The lowest BCUT2D eigenvalue weighted by molar-refractivity contribution is -0.128. The molecule has 2 N–H and O–H groups in total. The van der Waals surface area contributed by atoms with E-state index in [1.54, 1.807) is 0 Å². The first-order valence-electron chi connectivity index (χ1n) is 11.0. The lowest BCUT2D eigenvalue weighted by Crippen LogP contribution is -2.53. The van der Waals surface area contributed by atoms with Gasteiger partial charge in [0.2, 0.25) is 5.91 Å². The molecule has 0 heterocycles. The SMILES string of the molecule is O=C(N[C@@H](Cc1ccccc1)C(=O)N[C@@H](Cc1ccccc1)C(=O)CCl)OCc1ccccc1. The molecular weight excluding hydrogens is 452 g/mol. The highest BCUT2D eigenvalue weighted by molar-refractivity contribution is 6.28. The summed E-state index contributed by atoms with van der Waals surface area (Å²) in [7, 11) is 0. The molecule has 0 aromatic heterocycles. The lowest BCUT2D eigenvalue weighted by Gasteiger charge is -2.23. The molecule has 176 valence electrons. The lowest BCUT2D eigenvalue weighted by atomic mass is 10.0. The zero-order valence-electron chi connectivity index (χ0n) is 18.7. The third kappa shape index (κ3) is 8.05. The van der Waals surface area contributed by atoms with E-state index in [1.807, 2.05) is 91.0 Å². The van der Waals surface area contributed by atoms with Crippen LogP contribution in [0.2, 0.25) is 0 Å². The van der Waals surface area contributed by atoms with Crippen molar-refractivity contribution in [2.45, 2.75) is 31.5 Å². The first-order valence-corrected chi connectivity index (χ1v) is 11.5. The normalized spacial score (nSPS) is 12.3. The van der Waals surface area contributed by atoms with Gasteiger partial charge in [-0.25, -0.2) is 4.79 Å². The van der Waals surface area contributed by atoms with Crippen molar-refractivity contribution in [2.75, 3.05) is 5.88 Å². The summed E-state index contributed by atoms with van der Waals surface area (Å²) < 4.78 is 5.30. The van der Waals surface area contributed by atoms with Crippen molar-refractivity contribution in [3.63, 3.8) is 0 Å². The van der Waals surface area contributed by atoms with Gasteiger partial charge in [-0.05, 0) is 23.1 Å². The highest BCUT2D eigenvalue weighted by Gasteiger charge is 2.27. The summed E-state index contributed by atoms with van der Waals surface area (Å²) in [5, 5.41) is 5.42. The van der Waals surface area contributed by atoms with Crippen LogP contribution in [0.25, 0.3) is 0 Å². The third-order valence-electron chi connectivity index (χ3n) is 5.22. The summed E-state index contributed by atoms with van der Waals surface area (Å²) in [5.74, 6) is -1.02. The van der Waals surface area contributed by atoms with Gasteiger partial charge < -0.3 is 15.4 Å².